The van der Waals surface area contributed by atoms with Crippen molar-refractivity contribution in [3.05, 3.63) is 12.7 Å². The van der Waals surface area contributed by atoms with E-state index in [-0.39, 0.29) is 25.3 Å². The summed E-state index contributed by atoms with van der Waals surface area (Å²) in [6.45, 7) is 4.76. The molecule has 0 unspecified atom stereocenters. The average molecular weight is 412 g/mol. The Labute approximate surface area is 168 Å². The van der Waals surface area contributed by atoms with Crippen LogP contribution in [0.15, 0.2) is 12.7 Å². The van der Waals surface area contributed by atoms with Crippen molar-refractivity contribution in [1.29, 1.82) is 0 Å². The molecule has 5 N–H and O–H groups in total. The largest absolute Gasteiger partial charge is 0.481 e. The highest BCUT2D eigenvalue weighted by Gasteiger charge is 2.16. The number of carboxylic acid groups (broad SMARTS) is 1. The van der Waals surface area contributed by atoms with E-state index < -0.39 is 42.1 Å². The molecule has 0 aliphatic heterocycles. The van der Waals surface area contributed by atoms with E-state index in [2.05, 4.69) is 27.8 Å². The molecule has 0 heterocycles. The van der Waals surface area contributed by atoms with E-state index in [9.17, 15) is 28.8 Å². The number of aliphatic carboxylic acids is 1. The Morgan fingerprint density at radius 1 is 0.897 bits per heavy atom. The van der Waals surface area contributed by atoms with E-state index in [4.69, 9.17) is 5.11 Å². The molecule has 0 radical (unpaired) electrons. The summed E-state index contributed by atoms with van der Waals surface area (Å²) < 4.78 is 0. The van der Waals surface area contributed by atoms with Crippen molar-refractivity contribution in [1.82, 2.24) is 21.3 Å². The van der Waals surface area contributed by atoms with Crippen LogP contribution < -0.4 is 21.3 Å². The highest BCUT2D eigenvalue weighted by Crippen LogP contribution is 2.07. The lowest BCUT2D eigenvalue weighted by molar-refractivity contribution is -0.138. The van der Waals surface area contributed by atoms with Crippen LogP contribution >= 0.6 is 0 Å². The van der Waals surface area contributed by atoms with Gasteiger partial charge in [-0.25, -0.2) is 0 Å². The van der Waals surface area contributed by atoms with Gasteiger partial charge in [-0.2, -0.15) is 0 Å². The van der Waals surface area contributed by atoms with Crippen LogP contribution in [0, 0.1) is 5.92 Å². The van der Waals surface area contributed by atoms with Crippen LogP contribution in [0.25, 0.3) is 0 Å². The molecule has 1 atom stereocenters. The molecule has 5 amide bonds. The summed E-state index contributed by atoms with van der Waals surface area (Å²) >= 11 is 0. The van der Waals surface area contributed by atoms with Crippen molar-refractivity contribution in [2.45, 2.75) is 39.0 Å². The first kappa shape index (κ1) is 25.8. The third-order valence-corrected chi connectivity index (χ3v) is 3.72. The summed E-state index contributed by atoms with van der Waals surface area (Å²) in [5.74, 6) is -4.08. The standard InChI is InChI=1S/C18H28N4O7/c1-3-13(23)20-10-15(25)19-9-5-4-6-12(2)18(29)22-16(26)11-21-14(24)7-8-17(27)28/h3,12H,1,4-11H2,2H3,(H,19,25)(H,20,23)(H,21,24)(H,27,28)(H,22,26,29)/t12-/m0/s1. The van der Waals surface area contributed by atoms with Gasteiger partial charge in [-0.1, -0.05) is 19.9 Å². The van der Waals surface area contributed by atoms with E-state index >= 15 is 0 Å². The summed E-state index contributed by atoms with van der Waals surface area (Å²) in [5, 5.41) is 17.8. The second kappa shape index (κ2) is 14.8. The maximum Gasteiger partial charge on any atom is 0.303 e. The van der Waals surface area contributed by atoms with Crippen molar-refractivity contribution >= 4 is 35.5 Å². The number of imide groups is 1. The number of carbonyl (C=O) groups is 6. The van der Waals surface area contributed by atoms with E-state index in [1.165, 1.54) is 0 Å². The van der Waals surface area contributed by atoms with Crippen molar-refractivity contribution < 1.29 is 33.9 Å². The molecule has 0 aromatic heterocycles. The van der Waals surface area contributed by atoms with Gasteiger partial charge in [0.2, 0.25) is 29.5 Å². The second-order valence-corrected chi connectivity index (χ2v) is 6.25. The summed E-state index contributed by atoms with van der Waals surface area (Å²) in [4.78, 5) is 67.6. The first-order valence-electron chi connectivity index (χ1n) is 9.14. The molecule has 0 saturated heterocycles. The summed E-state index contributed by atoms with van der Waals surface area (Å²) in [6, 6.07) is 0. The van der Waals surface area contributed by atoms with Gasteiger partial charge in [0.05, 0.1) is 19.5 Å². The Morgan fingerprint density at radius 3 is 2.17 bits per heavy atom. The zero-order chi connectivity index (χ0) is 22.2. The fourth-order valence-corrected chi connectivity index (χ4v) is 2.03. The smallest absolute Gasteiger partial charge is 0.303 e. The zero-order valence-electron chi connectivity index (χ0n) is 16.4. The van der Waals surface area contributed by atoms with E-state index in [0.717, 1.165) is 6.08 Å². The SMILES string of the molecule is C=CC(=O)NCC(=O)NCCCC[C@H](C)C(=O)NC(=O)CNC(=O)CCC(=O)O. The molecule has 0 aliphatic rings. The minimum Gasteiger partial charge on any atom is -0.481 e. The van der Waals surface area contributed by atoms with Crippen molar-refractivity contribution in [3.8, 4) is 0 Å². The maximum atomic E-state index is 11.9. The molecule has 0 saturated carbocycles. The lowest BCUT2D eigenvalue weighted by Crippen LogP contribution is -2.41. The normalized spacial score (nSPS) is 10.9. The van der Waals surface area contributed by atoms with Crippen LogP contribution in [0.4, 0.5) is 0 Å². The van der Waals surface area contributed by atoms with Gasteiger partial charge in [0.1, 0.15) is 0 Å². The van der Waals surface area contributed by atoms with E-state index in [1.807, 2.05) is 0 Å². The van der Waals surface area contributed by atoms with Crippen molar-refractivity contribution in [2.24, 2.45) is 5.92 Å². The van der Waals surface area contributed by atoms with Gasteiger partial charge in [0, 0.05) is 18.9 Å². The molecule has 29 heavy (non-hydrogen) atoms. The van der Waals surface area contributed by atoms with Crippen LogP contribution in [0.2, 0.25) is 0 Å². The molecule has 11 nitrogen and oxygen atoms in total. The maximum absolute atomic E-state index is 11.9. The number of carbonyl (C=O) groups excluding carboxylic acids is 5. The van der Waals surface area contributed by atoms with Crippen LogP contribution in [0.3, 0.4) is 0 Å². The second-order valence-electron chi connectivity index (χ2n) is 6.25. The monoisotopic (exact) mass is 412 g/mol. The molecule has 11 heteroatoms. The average Bonchev–Trinajstić information content (AvgIpc) is 2.68. The third-order valence-electron chi connectivity index (χ3n) is 3.72. The molecule has 0 spiro atoms. The minimum absolute atomic E-state index is 0.140. The van der Waals surface area contributed by atoms with Gasteiger partial charge >= 0.3 is 5.97 Å². The number of amides is 5. The summed E-state index contributed by atoms with van der Waals surface area (Å²) in [5.41, 5.74) is 0. The molecular weight excluding hydrogens is 384 g/mol. The van der Waals surface area contributed by atoms with Gasteiger partial charge in [-0.05, 0) is 18.9 Å². The molecule has 162 valence electrons. The predicted octanol–water partition coefficient (Wildman–Crippen LogP) is -1.16. The van der Waals surface area contributed by atoms with Crippen LogP contribution in [-0.4, -0.2) is 60.2 Å². The van der Waals surface area contributed by atoms with Gasteiger partial charge in [0.15, 0.2) is 0 Å². The number of nitrogens with one attached hydrogen (secondary N) is 4. The van der Waals surface area contributed by atoms with Gasteiger partial charge < -0.3 is 21.1 Å². The Balaban J connectivity index is 3.88. The minimum atomic E-state index is -1.12. The zero-order valence-corrected chi connectivity index (χ0v) is 16.4. The Hall–Kier alpha value is -3.24. The fourth-order valence-electron chi connectivity index (χ4n) is 2.03. The lowest BCUT2D eigenvalue weighted by Gasteiger charge is -2.12. The predicted molar refractivity (Wildman–Crippen MR) is 102 cm³/mol. The number of hydrogen-bond acceptors (Lipinski definition) is 6. The van der Waals surface area contributed by atoms with Crippen molar-refractivity contribution in [3.63, 3.8) is 0 Å². The lowest BCUT2D eigenvalue weighted by atomic mass is 10.0. The Bertz CT molecular complexity index is 634. The highest BCUT2D eigenvalue weighted by molar-refractivity contribution is 5.98. The quantitative estimate of drug-likeness (QED) is 0.177. The van der Waals surface area contributed by atoms with Crippen LogP contribution in [0.5, 0.6) is 0 Å². The first-order valence-corrected chi connectivity index (χ1v) is 9.14. The molecule has 0 rings (SSSR count). The highest BCUT2D eigenvalue weighted by atomic mass is 16.4. The summed E-state index contributed by atoms with van der Waals surface area (Å²) in [6.07, 6.45) is 2.23. The first-order chi connectivity index (χ1) is 13.6. The molecule has 0 aromatic rings. The van der Waals surface area contributed by atoms with Crippen molar-refractivity contribution in [2.75, 3.05) is 19.6 Å². The van der Waals surface area contributed by atoms with Crippen LogP contribution in [-0.2, 0) is 28.8 Å². The molecule has 0 bridgehead atoms. The topological polar surface area (TPSA) is 171 Å². The third kappa shape index (κ3) is 14.5. The Morgan fingerprint density at radius 2 is 1.55 bits per heavy atom. The molecule has 0 fully saturated rings. The number of unbranched alkanes of at least 4 members (excludes halogenated alkanes) is 1. The number of hydrogen-bond donors (Lipinski definition) is 5. The molecule has 0 aliphatic carbocycles. The molecular formula is C18H28N4O7. The molecule has 0 aromatic carbocycles. The van der Waals surface area contributed by atoms with E-state index in [1.54, 1.807) is 6.92 Å². The van der Waals surface area contributed by atoms with Gasteiger partial charge in [-0.15, -0.1) is 0 Å². The van der Waals surface area contributed by atoms with Crippen LogP contribution in [0.1, 0.15) is 39.0 Å². The number of carboxylic acids is 1. The fraction of sp³-hybridized carbons (Fsp3) is 0.556. The van der Waals surface area contributed by atoms with Gasteiger partial charge in [-0.3, -0.25) is 34.1 Å². The van der Waals surface area contributed by atoms with E-state index in [0.29, 0.717) is 25.8 Å². The number of rotatable bonds is 14. The Kier molecular flexibility index (Phi) is 13.1. The summed E-state index contributed by atoms with van der Waals surface area (Å²) in [7, 11) is 0. The van der Waals surface area contributed by atoms with Gasteiger partial charge in [0.25, 0.3) is 0 Å².